The van der Waals surface area contributed by atoms with E-state index in [0.29, 0.717) is 12.5 Å². The van der Waals surface area contributed by atoms with Gasteiger partial charge in [0.1, 0.15) is 6.04 Å². The lowest BCUT2D eigenvalue weighted by atomic mass is 10.1. The first-order chi connectivity index (χ1) is 5.97. The van der Waals surface area contributed by atoms with E-state index in [1.807, 2.05) is 11.9 Å². The Morgan fingerprint density at radius 2 is 2.08 bits per heavy atom. The molecule has 0 radical (unpaired) electrons. The van der Waals surface area contributed by atoms with E-state index in [-0.39, 0.29) is 0 Å². The average molecular weight is 188 g/mol. The fourth-order valence-electron chi connectivity index (χ4n) is 1.15. The number of aliphatic carboxylic acids is 1. The summed E-state index contributed by atoms with van der Waals surface area (Å²) in [7, 11) is 1.90. The van der Waals surface area contributed by atoms with E-state index >= 15 is 0 Å². The van der Waals surface area contributed by atoms with Gasteiger partial charge >= 0.3 is 5.97 Å². The van der Waals surface area contributed by atoms with Gasteiger partial charge in [-0.05, 0) is 13.0 Å². The van der Waals surface area contributed by atoms with Crippen LogP contribution in [-0.4, -0.2) is 42.2 Å². The summed E-state index contributed by atoms with van der Waals surface area (Å²) in [6, 6.07) is -0.769. The van der Waals surface area contributed by atoms with Crippen molar-refractivity contribution in [2.24, 2.45) is 11.7 Å². The Balaban J connectivity index is 3.73. The maximum atomic E-state index is 10.4. The average Bonchev–Trinajstić information content (AvgIpc) is 2.03. The topological polar surface area (TPSA) is 66.6 Å². The van der Waals surface area contributed by atoms with Gasteiger partial charge in [-0.2, -0.15) is 0 Å². The lowest BCUT2D eigenvalue weighted by molar-refractivity contribution is -0.138. The first-order valence-electron chi connectivity index (χ1n) is 4.64. The summed E-state index contributed by atoms with van der Waals surface area (Å²) in [4.78, 5) is 12.4. The van der Waals surface area contributed by atoms with E-state index in [4.69, 9.17) is 10.8 Å². The molecule has 0 saturated heterocycles. The van der Waals surface area contributed by atoms with Crippen LogP contribution in [-0.2, 0) is 4.79 Å². The molecule has 0 saturated carbocycles. The Kier molecular flexibility index (Phi) is 5.66. The van der Waals surface area contributed by atoms with Gasteiger partial charge in [-0.15, -0.1) is 0 Å². The van der Waals surface area contributed by atoms with E-state index in [0.717, 1.165) is 13.0 Å². The number of hydrogen-bond donors (Lipinski definition) is 2. The number of carboxylic acids is 1. The zero-order chi connectivity index (χ0) is 10.4. The van der Waals surface area contributed by atoms with Crippen molar-refractivity contribution >= 4 is 5.97 Å². The molecule has 0 aliphatic heterocycles. The normalized spacial score (nSPS) is 15.8. The van der Waals surface area contributed by atoms with Crippen LogP contribution in [0.4, 0.5) is 0 Å². The van der Waals surface area contributed by atoms with Crippen molar-refractivity contribution in [1.82, 2.24) is 4.90 Å². The molecule has 0 aliphatic rings. The minimum absolute atomic E-state index is 0.416. The van der Waals surface area contributed by atoms with Crippen molar-refractivity contribution in [3.63, 3.8) is 0 Å². The third kappa shape index (κ3) is 5.60. The maximum absolute atomic E-state index is 10.4. The van der Waals surface area contributed by atoms with Gasteiger partial charge in [0.15, 0.2) is 0 Å². The molecular formula is C9H20N2O2. The molecule has 2 unspecified atom stereocenters. The van der Waals surface area contributed by atoms with Gasteiger partial charge in [0.25, 0.3) is 0 Å². The monoisotopic (exact) mass is 188 g/mol. The maximum Gasteiger partial charge on any atom is 0.321 e. The Morgan fingerprint density at radius 3 is 2.46 bits per heavy atom. The van der Waals surface area contributed by atoms with E-state index in [1.54, 1.807) is 0 Å². The molecule has 0 fully saturated rings. The van der Waals surface area contributed by atoms with Crippen LogP contribution in [0, 0.1) is 5.92 Å². The van der Waals surface area contributed by atoms with E-state index in [2.05, 4.69) is 13.8 Å². The first kappa shape index (κ1) is 12.4. The minimum atomic E-state index is -0.934. The Morgan fingerprint density at radius 1 is 1.54 bits per heavy atom. The van der Waals surface area contributed by atoms with Gasteiger partial charge in [0.2, 0.25) is 0 Å². The fourth-order valence-corrected chi connectivity index (χ4v) is 1.15. The molecule has 0 spiro atoms. The molecule has 78 valence electrons. The summed E-state index contributed by atoms with van der Waals surface area (Å²) < 4.78 is 0. The highest BCUT2D eigenvalue weighted by Crippen LogP contribution is 2.02. The van der Waals surface area contributed by atoms with Gasteiger partial charge < -0.3 is 15.7 Å². The summed E-state index contributed by atoms with van der Waals surface area (Å²) in [6.07, 6.45) is 1.10. The van der Waals surface area contributed by atoms with Crippen LogP contribution >= 0.6 is 0 Å². The van der Waals surface area contributed by atoms with Gasteiger partial charge in [-0.1, -0.05) is 20.3 Å². The third-order valence-electron chi connectivity index (χ3n) is 2.15. The van der Waals surface area contributed by atoms with Gasteiger partial charge in [0.05, 0.1) is 0 Å². The van der Waals surface area contributed by atoms with Crippen molar-refractivity contribution in [2.75, 3.05) is 20.1 Å². The minimum Gasteiger partial charge on any atom is -0.480 e. The van der Waals surface area contributed by atoms with Gasteiger partial charge in [-0.3, -0.25) is 4.79 Å². The number of carbonyl (C=O) groups is 1. The predicted octanol–water partition coefficient (Wildman–Crippen LogP) is 0.376. The second kappa shape index (κ2) is 5.94. The molecule has 2 atom stereocenters. The van der Waals surface area contributed by atoms with Crippen LogP contribution in [0.3, 0.4) is 0 Å². The highest BCUT2D eigenvalue weighted by molar-refractivity contribution is 5.73. The second-order valence-electron chi connectivity index (χ2n) is 3.68. The molecule has 4 nitrogen and oxygen atoms in total. The van der Waals surface area contributed by atoms with E-state index in [1.165, 1.54) is 0 Å². The standard InChI is InChI=1S/C9H20N2O2/c1-4-7(2)5-11(3)6-8(10)9(12)13/h7-8H,4-6,10H2,1-3H3,(H,12,13). The van der Waals surface area contributed by atoms with Gasteiger partial charge in [-0.25, -0.2) is 0 Å². The number of hydrogen-bond acceptors (Lipinski definition) is 3. The Hall–Kier alpha value is -0.610. The summed E-state index contributed by atoms with van der Waals surface area (Å²) >= 11 is 0. The molecule has 0 amide bonds. The van der Waals surface area contributed by atoms with Crippen LogP contribution in [0.25, 0.3) is 0 Å². The van der Waals surface area contributed by atoms with Crippen LogP contribution in [0.2, 0.25) is 0 Å². The molecule has 4 heteroatoms. The number of rotatable bonds is 6. The third-order valence-corrected chi connectivity index (χ3v) is 2.15. The lowest BCUT2D eigenvalue weighted by Crippen LogP contribution is -2.42. The molecule has 0 aromatic rings. The van der Waals surface area contributed by atoms with Crippen LogP contribution in [0.5, 0.6) is 0 Å². The highest BCUT2D eigenvalue weighted by Gasteiger charge is 2.14. The van der Waals surface area contributed by atoms with Gasteiger partial charge in [0, 0.05) is 13.1 Å². The summed E-state index contributed by atoms with van der Waals surface area (Å²) in [5.74, 6) is -0.345. The number of carboxylic acid groups (broad SMARTS) is 1. The van der Waals surface area contributed by atoms with Crippen molar-refractivity contribution in [1.29, 1.82) is 0 Å². The highest BCUT2D eigenvalue weighted by atomic mass is 16.4. The summed E-state index contributed by atoms with van der Waals surface area (Å²) in [5.41, 5.74) is 5.39. The van der Waals surface area contributed by atoms with Crippen LogP contribution < -0.4 is 5.73 Å². The molecule has 13 heavy (non-hydrogen) atoms. The molecule has 0 heterocycles. The Bertz CT molecular complexity index is 162. The molecule has 0 aliphatic carbocycles. The van der Waals surface area contributed by atoms with Crippen molar-refractivity contribution < 1.29 is 9.90 Å². The largest absolute Gasteiger partial charge is 0.480 e. The SMILES string of the molecule is CCC(C)CN(C)CC(N)C(=O)O. The zero-order valence-corrected chi connectivity index (χ0v) is 8.66. The molecule has 0 bridgehead atoms. The summed E-state index contributed by atoms with van der Waals surface area (Å²) in [6.45, 7) is 5.58. The number of nitrogens with zero attached hydrogens (tertiary/aromatic N) is 1. The van der Waals surface area contributed by atoms with E-state index in [9.17, 15) is 4.79 Å². The quantitative estimate of drug-likeness (QED) is 0.632. The van der Waals surface area contributed by atoms with E-state index < -0.39 is 12.0 Å². The molecule has 3 N–H and O–H groups in total. The van der Waals surface area contributed by atoms with Crippen molar-refractivity contribution in [3.8, 4) is 0 Å². The predicted molar refractivity (Wildman–Crippen MR) is 52.6 cm³/mol. The second-order valence-corrected chi connectivity index (χ2v) is 3.68. The fraction of sp³-hybridized carbons (Fsp3) is 0.889. The zero-order valence-electron chi connectivity index (χ0n) is 8.66. The number of nitrogens with two attached hydrogens (primary N) is 1. The first-order valence-corrected chi connectivity index (χ1v) is 4.64. The van der Waals surface area contributed by atoms with Crippen LogP contribution in [0.1, 0.15) is 20.3 Å². The lowest BCUT2D eigenvalue weighted by Gasteiger charge is -2.21. The van der Waals surface area contributed by atoms with Crippen LogP contribution in [0.15, 0.2) is 0 Å². The smallest absolute Gasteiger partial charge is 0.321 e. The molecule has 0 aromatic heterocycles. The molecule has 0 aromatic carbocycles. The molecular weight excluding hydrogens is 168 g/mol. The van der Waals surface area contributed by atoms with Crippen molar-refractivity contribution in [3.05, 3.63) is 0 Å². The summed E-state index contributed by atoms with van der Waals surface area (Å²) in [5, 5.41) is 8.57. The van der Waals surface area contributed by atoms with Crippen molar-refractivity contribution in [2.45, 2.75) is 26.3 Å². The number of likely N-dealkylation sites (N-methyl/N-ethyl adjacent to an activating group) is 1. The Labute approximate surface area is 79.7 Å². The molecule has 0 rings (SSSR count).